The lowest BCUT2D eigenvalue weighted by atomic mass is 9.78. The maximum Gasteiger partial charge on any atom is 0.0697 e. The van der Waals surface area contributed by atoms with E-state index in [0.29, 0.717) is 18.6 Å². The molecule has 19 heavy (non-hydrogen) atoms. The molecule has 0 aromatic heterocycles. The molecule has 0 amide bonds. The van der Waals surface area contributed by atoms with Gasteiger partial charge < -0.3 is 15.2 Å². The second-order valence-corrected chi connectivity index (χ2v) is 6.67. The van der Waals surface area contributed by atoms with Crippen LogP contribution in [0, 0.1) is 5.92 Å². The van der Waals surface area contributed by atoms with E-state index in [4.69, 9.17) is 9.84 Å². The van der Waals surface area contributed by atoms with E-state index in [-0.39, 0.29) is 5.60 Å². The van der Waals surface area contributed by atoms with Gasteiger partial charge in [-0.3, -0.25) is 0 Å². The van der Waals surface area contributed by atoms with E-state index in [2.05, 4.69) is 12.2 Å². The van der Waals surface area contributed by atoms with Crippen LogP contribution in [0.2, 0.25) is 0 Å². The first-order valence-electron chi connectivity index (χ1n) is 8.22. The van der Waals surface area contributed by atoms with Gasteiger partial charge in [-0.25, -0.2) is 0 Å². The second-order valence-electron chi connectivity index (χ2n) is 6.67. The van der Waals surface area contributed by atoms with Crippen molar-refractivity contribution < 1.29 is 9.84 Å². The minimum absolute atomic E-state index is 0.215. The molecule has 0 radical (unpaired) electrons. The Hall–Kier alpha value is -0.120. The third-order valence-corrected chi connectivity index (χ3v) is 4.88. The summed E-state index contributed by atoms with van der Waals surface area (Å²) in [7, 11) is 0. The van der Waals surface area contributed by atoms with Gasteiger partial charge in [0, 0.05) is 19.3 Å². The van der Waals surface area contributed by atoms with Crippen molar-refractivity contribution in [2.45, 2.75) is 76.4 Å². The highest BCUT2D eigenvalue weighted by atomic mass is 16.5. The smallest absolute Gasteiger partial charge is 0.0697 e. The summed E-state index contributed by atoms with van der Waals surface area (Å²) in [4.78, 5) is 0. The molecule has 2 N–H and O–H groups in total. The summed E-state index contributed by atoms with van der Waals surface area (Å²) in [6.07, 6.45) is 11.3. The van der Waals surface area contributed by atoms with Crippen LogP contribution in [0.1, 0.15) is 64.7 Å². The van der Waals surface area contributed by atoms with E-state index in [0.717, 1.165) is 26.0 Å². The van der Waals surface area contributed by atoms with Gasteiger partial charge in [0.25, 0.3) is 0 Å². The monoisotopic (exact) mass is 269 g/mol. The largest absolute Gasteiger partial charge is 0.396 e. The van der Waals surface area contributed by atoms with E-state index < -0.39 is 0 Å². The minimum Gasteiger partial charge on any atom is -0.396 e. The van der Waals surface area contributed by atoms with Crippen molar-refractivity contribution in [1.82, 2.24) is 5.32 Å². The Morgan fingerprint density at radius 1 is 1.32 bits per heavy atom. The molecular weight excluding hydrogens is 238 g/mol. The average Bonchev–Trinajstić information content (AvgIpc) is 2.44. The second kappa shape index (κ2) is 7.61. The zero-order chi connectivity index (χ0) is 13.6. The van der Waals surface area contributed by atoms with Crippen molar-refractivity contribution in [3.05, 3.63) is 0 Å². The summed E-state index contributed by atoms with van der Waals surface area (Å²) in [5.41, 5.74) is 0.215. The fourth-order valence-electron chi connectivity index (χ4n) is 3.59. The van der Waals surface area contributed by atoms with Crippen LogP contribution in [0.4, 0.5) is 0 Å². The number of nitrogens with one attached hydrogen (secondary N) is 1. The maximum absolute atomic E-state index is 9.01. The molecule has 3 heteroatoms. The van der Waals surface area contributed by atoms with Crippen LogP contribution < -0.4 is 5.32 Å². The molecule has 1 aliphatic heterocycles. The molecule has 1 heterocycles. The third kappa shape index (κ3) is 4.73. The quantitative estimate of drug-likeness (QED) is 0.729. The topological polar surface area (TPSA) is 41.5 Å². The van der Waals surface area contributed by atoms with Crippen LogP contribution in [-0.4, -0.2) is 36.5 Å². The molecule has 1 aliphatic carbocycles. The molecule has 1 saturated carbocycles. The summed E-state index contributed by atoms with van der Waals surface area (Å²) in [5.74, 6) is 0.446. The van der Waals surface area contributed by atoms with Gasteiger partial charge in [-0.15, -0.1) is 0 Å². The van der Waals surface area contributed by atoms with E-state index in [1.54, 1.807) is 0 Å². The summed E-state index contributed by atoms with van der Waals surface area (Å²) in [6.45, 7) is 4.46. The van der Waals surface area contributed by atoms with Crippen molar-refractivity contribution in [3.8, 4) is 0 Å². The van der Waals surface area contributed by atoms with Crippen LogP contribution in [0.3, 0.4) is 0 Å². The Balaban J connectivity index is 1.66. The third-order valence-electron chi connectivity index (χ3n) is 4.88. The van der Waals surface area contributed by atoms with Crippen molar-refractivity contribution in [3.63, 3.8) is 0 Å². The Kier molecular flexibility index (Phi) is 6.11. The number of aliphatic hydroxyl groups is 1. The van der Waals surface area contributed by atoms with Gasteiger partial charge in [0.15, 0.2) is 0 Å². The molecule has 2 rings (SSSR count). The van der Waals surface area contributed by atoms with E-state index in [9.17, 15) is 0 Å². The van der Waals surface area contributed by atoms with Crippen molar-refractivity contribution in [2.24, 2.45) is 5.92 Å². The van der Waals surface area contributed by atoms with Crippen LogP contribution >= 0.6 is 0 Å². The predicted octanol–water partition coefficient (Wildman–Crippen LogP) is 2.87. The van der Waals surface area contributed by atoms with Crippen molar-refractivity contribution >= 4 is 0 Å². The van der Waals surface area contributed by atoms with E-state index in [1.165, 1.54) is 44.9 Å². The van der Waals surface area contributed by atoms with Gasteiger partial charge in [-0.1, -0.05) is 26.2 Å². The highest BCUT2D eigenvalue weighted by Crippen LogP contribution is 2.38. The minimum atomic E-state index is 0.215. The molecule has 1 saturated heterocycles. The van der Waals surface area contributed by atoms with Crippen LogP contribution in [0.25, 0.3) is 0 Å². The Labute approximate surface area is 118 Å². The average molecular weight is 269 g/mol. The summed E-state index contributed by atoms with van der Waals surface area (Å²) >= 11 is 0. The lowest BCUT2D eigenvalue weighted by molar-refractivity contribution is -0.109. The maximum atomic E-state index is 9.01. The summed E-state index contributed by atoms with van der Waals surface area (Å²) in [5, 5.41) is 12.7. The SMILES string of the molecule is CC(CO)CCCNC1CCOC2(CCCCC2)C1. The Morgan fingerprint density at radius 2 is 2.11 bits per heavy atom. The lowest BCUT2D eigenvalue weighted by Gasteiger charge is -2.43. The van der Waals surface area contributed by atoms with Crippen molar-refractivity contribution in [2.75, 3.05) is 19.8 Å². The van der Waals surface area contributed by atoms with E-state index in [1.807, 2.05) is 0 Å². The normalized spacial score (nSPS) is 28.4. The predicted molar refractivity (Wildman–Crippen MR) is 78.3 cm³/mol. The first kappa shape index (κ1) is 15.3. The summed E-state index contributed by atoms with van der Waals surface area (Å²) < 4.78 is 6.13. The zero-order valence-corrected chi connectivity index (χ0v) is 12.5. The first-order chi connectivity index (χ1) is 9.24. The molecule has 0 aromatic carbocycles. The van der Waals surface area contributed by atoms with Gasteiger partial charge in [0.1, 0.15) is 0 Å². The molecule has 2 atom stereocenters. The van der Waals surface area contributed by atoms with Gasteiger partial charge in [0.2, 0.25) is 0 Å². The van der Waals surface area contributed by atoms with Crippen LogP contribution in [0.5, 0.6) is 0 Å². The molecule has 0 aromatic rings. The van der Waals surface area contributed by atoms with Gasteiger partial charge in [-0.2, -0.15) is 0 Å². The fourth-order valence-corrected chi connectivity index (χ4v) is 3.59. The number of ether oxygens (including phenoxy) is 1. The molecule has 0 bridgehead atoms. The molecular formula is C16H31NO2. The zero-order valence-electron chi connectivity index (χ0n) is 12.5. The molecule has 2 aliphatic rings. The number of aliphatic hydroxyl groups excluding tert-OH is 1. The molecule has 2 fully saturated rings. The van der Waals surface area contributed by atoms with Gasteiger partial charge in [-0.05, 0) is 51.0 Å². The first-order valence-corrected chi connectivity index (χ1v) is 8.22. The van der Waals surface area contributed by atoms with Gasteiger partial charge in [0.05, 0.1) is 5.60 Å². The Morgan fingerprint density at radius 3 is 2.84 bits per heavy atom. The fraction of sp³-hybridized carbons (Fsp3) is 1.00. The molecule has 2 unspecified atom stereocenters. The standard InChI is InChI=1S/C16H31NO2/c1-14(13-18)6-5-10-17-15-7-11-19-16(12-15)8-3-2-4-9-16/h14-15,17-18H,2-13H2,1H3. The Bertz CT molecular complexity index is 246. The molecule has 112 valence electrons. The number of hydrogen-bond donors (Lipinski definition) is 2. The highest BCUT2D eigenvalue weighted by Gasteiger charge is 2.38. The van der Waals surface area contributed by atoms with E-state index >= 15 is 0 Å². The lowest BCUT2D eigenvalue weighted by Crippen LogP contribution is -2.48. The number of rotatable bonds is 6. The highest BCUT2D eigenvalue weighted by molar-refractivity contribution is 4.91. The molecule has 3 nitrogen and oxygen atoms in total. The summed E-state index contributed by atoms with van der Waals surface area (Å²) in [6, 6.07) is 0.649. The van der Waals surface area contributed by atoms with Crippen LogP contribution in [0.15, 0.2) is 0 Å². The van der Waals surface area contributed by atoms with Crippen LogP contribution in [-0.2, 0) is 4.74 Å². The van der Waals surface area contributed by atoms with Gasteiger partial charge >= 0.3 is 0 Å². The van der Waals surface area contributed by atoms with Crippen molar-refractivity contribution in [1.29, 1.82) is 0 Å². The molecule has 1 spiro atoms. The number of hydrogen-bond acceptors (Lipinski definition) is 3.